The van der Waals surface area contributed by atoms with Crippen molar-refractivity contribution in [1.29, 1.82) is 0 Å². The van der Waals surface area contributed by atoms with Gasteiger partial charge in [-0.15, -0.1) is 0 Å². The molecule has 0 N–H and O–H groups in total. The van der Waals surface area contributed by atoms with Crippen LogP contribution in [0.1, 0.15) is 10.6 Å². The quantitative estimate of drug-likeness (QED) is 0.493. The minimum atomic E-state index is -0.970. The molecular weight excluding hydrogens is 309 g/mol. The Labute approximate surface area is 108 Å². The lowest BCUT2D eigenvalue weighted by molar-refractivity contribution is -0.386. The van der Waals surface area contributed by atoms with E-state index in [0.29, 0.717) is 10.8 Å². The van der Waals surface area contributed by atoms with E-state index in [1.807, 2.05) is 0 Å². The van der Waals surface area contributed by atoms with E-state index in [1.54, 1.807) is 0 Å². The van der Waals surface area contributed by atoms with Crippen molar-refractivity contribution >= 4 is 27.9 Å². The summed E-state index contributed by atoms with van der Waals surface area (Å²) in [6.07, 6.45) is 0.461. The molecule has 5 nitrogen and oxygen atoms in total. The van der Waals surface area contributed by atoms with Gasteiger partial charge in [-0.25, -0.2) is 0 Å². The number of nitrogens with zero attached hydrogens (tertiary/aromatic N) is 1. The zero-order chi connectivity index (χ0) is 13.3. The number of hydrogen-bond donors (Lipinski definition) is 0. The van der Waals surface area contributed by atoms with Crippen LogP contribution in [0, 0.1) is 15.9 Å². The van der Waals surface area contributed by atoms with Gasteiger partial charge in [0.1, 0.15) is 11.3 Å². The number of benzene rings is 1. The molecule has 1 aromatic heterocycles. The van der Waals surface area contributed by atoms with E-state index in [0.717, 1.165) is 6.07 Å². The van der Waals surface area contributed by atoms with Crippen LogP contribution >= 0.6 is 15.9 Å². The van der Waals surface area contributed by atoms with Gasteiger partial charge in [-0.05, 0) is 40.2 Å². The van der Waals surface area contributed by atoms with Crippen molar-refractivity contribution in [3.8, 4) is 11.3 Å². The number of nitro benzene ring substituents is 1. The van der Waals surface area contributed by atoms with Crippen LogP contribution < -0.4 is 0 Å². The lowest BCUT2D eigenvalue weighted by Gasteiger charge is -2.03. The van der Waals surface area contributed by atoms with Crippen LogP contribution in [0.5, 0.6) is 0 Å². The third-order valence-corrected chi connectivity index (χ3v) is 2.91. The molecular formula is C11H5BrFNO4. The van der Waals surface area contributed by atoms with Gasteiger partial charge in [0.15, 0.2) is 12.0 Å². The van der Waals surface area contributed by atoms with E-state index >= 15 is 0 Å². The fraction of sp³-hybridized carbons (Fsp3) is 0. The topological polar surface area (TPSA) is 73.3 Å². The highest BCUT2D eigenvalue weighted by Crippen LogP contribution is 2.38. The van der Waals surface area contributed by atoms with Crippen molar-refractivity contribution in [2.24, 2.45) is 0 Å². The number of hydrogen-bond acceptors (Lipinski definition) is 4. The van der Waals surface area contributed by atoms with Crippen molar-refractivity contribution < 1.29 is 18.5 Å². The summed E-state index contributed by atoms with van der Waals surface area (Å²) in [7, 11) is 0. The summed E-state index contributed by atoms with van der Waals surface area (Å²) in [5.41, 5.74) is -0.732. The molecule has 0 aliphatic heterocycles. The second kappa shape index (κ2) is 4.69. The van der Waals surface area contributed by atoms with Gasteiger partial charge < -0.3 is 4.42 Å². The normalized spacial score (nSPS) is 10.3. The lowest BCUT2D eigenvalue weighted by Crippen LogP contribution is -1.96. The van der Waals surface area contributed by atoms with E-state index in [2.05, 4.69) is 15.9 Å². The number of carbonyl (C=O) groups is 1. The standard InChI is InChI=1S/C11H5BrFNO4/c12-7-2-3-8(13)11(14(16)17)10(7)9-4-1-6(5-15)18-9/h1-5H. The van der Waals surface area contributed by atoms with Gasteiger partial charge in [0, 0.05) is 4.47 Å². The average Bonchev–Trinajstić information content (AvgIpc) is 2.79. The van der Waals surface area contributed by atoms with Gasteiger partial charge >= 0.3 is 5.69 Å². The van der Waals surface area contributed by atoms with Crippen molar-refractivity contribution in [3.63, 3.8) is 0 Å². The molecule has 2 aromatic rings. The SMILES string of the molecule is O=Cc1ccc(-c2c(Br)ccc(F)c2[N+](=O)[O-])o1. The molecule has 0 saturated heterocycles. The van der Waals surface area contributed by atoms with Crippen LogP contribution in [0.4, 0.5) is 10.1 Å². The Hall–Kier alpha value is -2.02. The third-order valence-electron chi connectivity index (χ3n) is 2.25. The second-order valence-corrected chi connectivity index (χ2v) is 4.18. The monoisotopic (exact) mass is 313 g/mol. The molecule has 1 heterocycles. The highest BCUT2D eigenvalue weighted by Gasteiger charge is 2.26. The van der Waals surface area contributed by atoms with Crippen LogP contribution in [0.2, 0.25) is 0 Å². The fourth-order valence-corrected chi connectivity index (χ4v) is 2.02. The first-order valence-corrected chi connectivity index (χ1v) is 5.51. The van der Waals surface area contributed by atoms with Crippen LogP contribution in [0.25, 0.3) is 11.3 Å². The molecule has 7 heteroatoms. The molecule has 0 fully saturated rings. The van der Waals surface area contributed by atoms with E-state index in [9.17, 15) is 19.3 Å². The van der Waals surface area contributed by atoms with Gasteiger partial charge in [0.05, 0.1) is 4.92 Å². The highest BCUT2D eigenvalue weighted by molar-refractivity contribution is 9.10. The predicted octanol–water partition coefficient (Wildman–Crippen LogP) is 3.57. The summed E-state index contributed by atoms with van der Waals surface area (Å²) in [5, 5.41) is 10.9. The Bertz CT molecular complexity index is 638. The summed E-state index contributed by atoms with van der Waals surface area (Å²) < 4.78 is 18.9. The van der Waals surface area contributed by atoms with Crippen molar-refractivity contribution in [2.75, 3.05) is 0 Å². The molecule has 0 unspecified atom stereocenters. The minimum Gasteiger partial charge on any atom is -0.453 e. The first kappa shape index (κ1) is 12.4. The fourth-order valence-electron chi connectivity index (χ4n) is 1.50. The molecule has 0 spiro atoms. The van der Waals surface area contributed by atoms with E-state index < -0.39 is 16.4 Å². The van der Waals surface area contributed by atoms with Crippen LogP contribution in [-0.4, -0.2) is 11.2 Å². The highest BCUT2D eigenvalue weighted by atomic mass is 79.9. The second-order valence-electron chi connectivity index (χ2n) is 3.33. The Kier molecular flexibility index (Phi) is 3.24. The smallest absolute Gasteiger partial charge is 0.316 e. The first-order chi connectivity index (χ1) is 8.54. The summed E-state index contributed by atoms with van der Waals surface area (Å²) >= 11 is 3.10. The lowest BCUT2D eigenvalue weighted by atomic mass is 10.1. The Balaban J connectivity index is 2.72. The number of rotatable bonds is 3. The number of carbonyl (C=O) groups excluding carboxylic acids is 1. The van der Waals surface area contributed by atoms with E-state index in [4.69, 9.17) is 4.42 Å². The predicted molar refractivity (Wildman–Crippen MR) is 63.8 cm³/mol. The van der Waals surface area contributed by atoms with Crippen LogP contribution in [-0.2, 0) is 0 Å². The summed E-state index contributed by atoms with van der Waals surface area (Å²) in [6, 6.07) is 5.04. The van der Waals surface area contributed by atoms with Gasteiger partial charge in [0.2, 0.25) is 5.82 Å². The molecule has 0 atom stereocenters. The van der Waals surface area contributed by atoms with Gasteiger partial charge in [-0.2, -0.15) is 4.39 Å². The van der Waals surface area contributed by atoms with Crippen molar-refractivity contribution in [3.05, 3.63) is 50.4 Å². The summed E-state index contributed by atoms with van der Waals surface area (Å²) in [5.74, 6) is -0.909. The molecule has 1 aromatic carbocycles. The van der Waals surface area contributed by atoms with Crippen molar-refractivity contribution in [1.82, 2.24) is 0 Å². The average molecular weight is 314 g/mol. The Morgan fingerprint density at radius 3 is 2.61 bits per heavy atom. The molecule has 2 rings (SSSR count). The summed E-state index contributed by atoms with van der Waals surface area (Å²) in [6.45, 7) is 0. The molecule has 0 radical (unpaired) electrons. The maximum Gasteiger partial charge on any atom is 0.316 e. The zero-order valence-corrected chi connectivity index (χ0v) is 10.3. The van der Waals surface area contributed by atoms with Crippen LogP contribution in [0.15, 0.2) is 33.2 Å². The molecule has 0 bridgehead atoms. The molecule has 18 heavy (non-hydrogen) atoms. The van der Waals surface area contributed by atoms with E-state index in [1.165, 1.54) is 18.2 Å². The Morgan fingerprint density at radius 1 is 1.33 bits per heavy atom. The van der Waals surface area contributed by atoms with Gasteiger partial charge in [-0.1, -0.05) is 0 Å². The molecule has 0 amide bonds. The van der Waals surface area contributed by atoms with Crippen molar-refractivity contribution in [2.45, 2.75) is 0 Å². The van der Waals surface area contributed by atoms with Crippen LogP contribution in [0.3, 0.4) is 0 Å². The van der Waals surface area contributed by atoms with E-state index in [-0.39, 0.29) is 17.1 Å². The molecule has 0 saturated carbocycles. The molecule has 0 aliphatic carbocycles. The molecule has 92 valence electrons. The minimum absolute atomic E-state index is 0.00968. The number of aldehydes is 1. The van der Waals surface area contributed by atoms with Gasteiger partial charge in [-0.3, -0.25) is 14.9 Å². The largest absolute Gasteiger partial charge is 0.453 e. The first-order valence-electron chi connectivity index (χ1n) is 4.72. The maximum absolute atomic E-state index is 13.5. The molecule has 0 aliphatic rings. The maximum atomic E-state index is 13.5. The Morgan fingerprint density at radius 2 is 2.06 bits per heavy atom. The third kappa shape index (κ3) is 2.04. The number of nitro groups is 1. The summed E-state index contributed by atoms with van der Waals surface area (Å²) in [4.78, 5) is 20.6. The van der Waals surface area contributed by atoms with Gasteiger partial charge in [0.25, 0.3) is 0 Å². The number of furan rings is 1. The zero-order valence-electron chi connectivity index (χ0n) is 8.72. The number of halogens is 2.